The maximum Gasteiger partial charge on any atom is 0.323 e. The lowest BCUT2D eigenvalue weighted by Gasteiger charge is -2.12. The Kier molecular flexibility index (Phi) is 4.90. The first-order valence-electron chi connectivity index (χ1n) is 4.73. The number of hydrogen-bond donors (Lipinski definition) is 1. The Morgan fingerprint density at radius 3 is 2.53 bits per heavy atom. The van der Waals surface area contributed by atoms with Gasteiger partial charge in [0.25, 0.3) is 0 Å². The van der Waals surface area contributed by atoms with Crippen LogP contribution in [-0.2, 0) is 19.6 Å². The lowest BCUT2D eigenvalue weighted by atomic mass is 10.4. The number of carbonyl (C=O) groups is 1. The second kappa shape index (κ2) is 5.78. The highest BCUT2D eigenvalue weighted by atomic mass is 127. The fourth-order valence-electron chi connectivity index (χ4n) is 1.18. The highest BCUT2D eigenvalue weighted by Gasteiger charge is 2.23. The number of carbonyl (C=O) groups excluding carboxylic acids is 1. The van der Waals surface area contributed by atoms with Crippen molar-refractivity contribution in [3.63, 3.8) is 0 Å². The van der Waals surface area contributed by atoms with Crippen LogP contribution in [0, 0.1) is 3.57 Å². The normalized spacial score (nSPS) is 13.1. The van der Waals surface area contributed by atoms with Crippen molar-refractivity contribution in [2.45, 2.75) is 17.9 Å². The number of halogens is 1. The summed E-state index contributed by atoms with van der Waals surface area (Å²) < 4.78 is 31.2. The van der Waals surface area contributed by atoms with Gasteiger partial charge in [-0.05, 0) is 41.6 Å². The van der Waals surface area contributed by atoms with E-state index in [1.807, 2.05) is 22.6 Å². The van der Waals surface area contributed by atoms with Gasteiger partial charge in [-0.25, -0.2) is 8.42 Å². The SMILES string of the molecule is COC(=O)[C@H](C)NS(=O)(=O)c1ccccc1I. The van der Waals surface area contributed by atoms with Crippen molar-refractivity contribution in [2.24, 2.45) is 0 Å². The van der Waals surface area contributed by atoms with Crippen molar-refractivity contribution < 1.29 is 17.9 Å². The number of ether oxygens (including phenoxy) is 1. The van der Waals surface area contributed by atoms with Crippen LogP contribution in [0.2, 0.25) is 0 Å². The lowest BCUT2D eigenvalue weighted by Crippen LogP contribution is -2.39. The molecule has 1 N–H and O–H groups in total. The minimum Gasteiger partial charge on any atom is -0.468 e. The minimum absolute atomic E-state index is 0.149. The molecule has 0 heterocycles. The molecule has 0 amide bonds. The molecular formula is C10H12INO4S. The molecule has 17 heavy (non-hydrogen) atoms. The van der Waals surface area contributed by atoms with Crippen molar-refractivity contribution in [1.82, 2.24) is 4.72 Å². The Bertz CT molecular complexity index is 515. The van der Waals surface area contributed by atoms with Crippen molar-refractivity contribution >= 4 is 38.6 Å². The van der Waals surface area contributed by atoms with Gasteiger partial charge in [0, 0.05) is 3.57 Å². The Labute approximate surface area is 114 Å². The second-order valence-corrected chi connectivity index (χ2v) is 6.14. The number of sulfonamides is 1. The Morgan fingerprint density at radius 2 is 2.00 bits per heavy atom. The molecule has 0 aliphatic rings. The van der Waals surface area contributed by atoms with Gasteiger partial charge in [-0.1, -0.05) is 12.1 Å². The van der Waals surface area contributed by atoms with E-state index >= 15 is 0 Å². The van der Waals surface area contributed by atoms with Crippen molar-refractivity contribution in [2.75, 3.05) is 7.11 Å². The van der Waals surface area contributed by atoms with Crippen molar-refractivity contribution in [3.8, 4) is 0 Å². The summed E-state index contributed by atoms with van der Waals surface area (Å²) in [6.07, 6.45) is 0. The van der Waals surface area contributed by atoms with Crippen LogP contribution in [0.5, 0.6) is 0 Å². The van der Waals surface area contributed by atoms with Crippen LogP contribution in [0.1, 0.15) is 6.92 Å². The van der Waals surface area contributed by atoms with E-state index < -0.39 is 22.0 Å². The van der Waals surface area contributed by atoms with E-state index in [2.05, 4.69) is 9.46 Å². The second-order valence-electron chi connectivity index (χ2n) is 3.30. The summed E-state index contributed by atoms with van der Waals surface area (Å²) in [5, 5.41) is 0. The van der Waals surface area contributed by atoms with Gasteiger partial charge in [-0.3, -0.25) is 4.79 Å². The fourth-order valence-corrected chi connectivity index (χ4v) is 3.71. The first kappa shape index (κ1) is 14.4. The average molecular weight is 369 g/mol. The summed E-state index contributed by atoms with van der Waals surface area (Å²) in [6.45, 7) is 1.43. The highest BCUT2D eigenvalue weighted by molar-refractivity contribution is 14.1. The third-order valence-electron chi connectivity index (χ3n) is 2.01. The summed E-state index contributed by atoms with van der Waals surface area (Å²) in [6, 6.07) is 5.61. The number of nitrogens with one attached hydrogen (secondary N) is 1. The zero-order chi connectivity index (χ0) is 13.1. The Balaban J connectivity index is 2.98. The summed E-state index contributed by atoms with van der Waals surface area (Å²) in [4.78, 5) is 11.3. The van der Waals surface area contributed by atoms with Crippen LogP contribution in [0.4, 0.5) is 0 Å². The largest absolute Gasteiger partial charge is 0.468 e. The monoisotopic (exact) mass is 369 g/mol. The van der Waals surface area contributed by atoms with E-state index in [-0.39, 0.29) is 4.90 Å². The van der Waals surface area contributed by atoms with E-state index in [4.69, 9.17) is 0 Å². The van der Waals surface area contributed by atoms with Crippen LogP contribution in [0.25, 0.3) is 0 Å². The molecule has 94 valence electrons. The molecule has 0 radical (unpaired) electrons. The van der Waals surface area contributed by atoms with Gasteiger partial charge in [0.05, 0.1) is 12.0 Å². The first-order chi connectivity index (χ1) is 7.88. The van der Waals surface area contributed by atoms with Crippen LogP contribution in [0.3, 0.4) is 0 Å². The standard InChI is InChI=1S/C10H12INO4S/c1-7(10(13)16-2)12-17(14,15)9-6-4-3-5-8(9)11/h3-7,12H,1-2H3/t7-/m0/s1. The molecule has 7 heteroatoms. The summed E-state index contributed by atoms with van der Waals surface area (Å²) in [5.41, 5.74) is 0. The van der Waals surface area contributed by atoms with Gasteiger partial charge < -0.3 is 4.74 Å². The van der Waals surface area contributed by atoms with Gasteiger partial charge >= 0.3 is 5.97 Å². The van der Waals surface area contributed by atoms with Gasteiger partial charge in [0.15, 0.2) is 0 Å². The summed E-state index contributed by atoms with van der Waals surface area (Å²) in [7, 11) is -2.50. The Morgan fingerprint density at radius 1 is 1.41 bits per heavy atom. The van der Waals surface area contributed by atoms with Crippen LogP contribution < -0.4 is 4.72 Å². The molecule has 1 aromatic carbocycles. The average Bonchev–Trinajstić information content (AvgIpc) is 2.27. The molecule has 1 rings (SSSR count). The molecule has 0 aliphatic carbocycles. The molecule has 0 bridgehead atoms. The smallest absolute Gasteiger partial charge is 0.323 e. The molecule has 0 fully saturated rings. The molecule has 0 saturated carbocycles. The zero-order valence-electron chi connectivity index (χ0n) is 9.31. The minimum atomic E-state index is -3.70. The Hall–Kier alpha value is -0.670. The van der Waals surface area contributed by atoms with Crippen LogP contribution in [-0.4, -0.2) is 27.5 Å². The van der Waals surface area contributed by atoms with Crippen LogP contribution >= 0.6 is 22.6 Å². The molecule has 0 spiro atoms. The molecule has 0 saturated heterocycles. The predicted octanol–water partition coefficient (Wildman–Crippen LogP) is 1.13. The fraction of sp³-hybridized carbons (Fsp3) is 0.300. The van der Waals surface area contributed by atoms with Crippen LogP contribution in [0.15, 0.2) is 29.2 Å². The van der Waals surface area contributed by atoms with Crippen molar-refractivity contribution in [1.29, 1.82) is 0 Å². The predicted molar refractivity (Wildman–Crippen MR) is 71.0 cm³/mol. The summed E-state index contributed by atoms with van der Waals surface area (Å²) >= 11 is 1.92. The molecule has 1 aromatic rings. The number of methoxy groups -OCH3 is 1. The van der Waals surface area contributed by atoms with Gasteiger partial charge in [0.1, 0.15) is 6.04 Å². The lowest BCUT2D eigenvalue weighted by molar-refractivity contribution is -0.142. The van der Waals surface area contributed by atoms with Crippen molar-refractivity contribution in [3.05, 3.63) is 27.8 Å². The molecular weight excluding hydrogens is 357 g/mol. The number of rotatable bonds is 4. The van der Waals surface area contributed by atoms with E-state index in [1.165, 1.54) is 20.1 Å². The van der Waals surface area contributed by atoms with E-state index in [1.54, 1.807) is 18.2 Å². The van der Waals surface area contributed by atoms with Gasteiger partial charge in [0.2, 0.25) is 10.0 Å². The van der Waals surface area contributed by atoms with E-state index in [0.717, 1.165) is 0 Å². The molecule has 0 aliphatic heterocycles. The van der Waals surface area contributed by atoms with Gasteiger partial charge in [-0.15, -0.1) is 0 Å². The molecule has 0 aromatic heterocycles. The molecule has 5 nitrogen and oxygen atoms in total. The zero-order valence-corrected chi connectivity index (χ0v) is 12.3. The highest BCUT2D eigenvalue weighted by Crippen LogP contribution is 2.17. The maximum absolute atomic E-state index is 12.0. The topological polar surface area (TPSA) is 72.5 Å². The molecule has 0 unspecified atom stereocenters. The third kappa shape index (κ3) is 3.65. The first-order valence-corrected chi connectivity index (χ1v) is 7.29. The number of esters is 1. The van der Waals surface area contributed by atoms with Gasteiger partial charge in [-0.2, -0.15) is 4.72 Å². The quantitative estimate of drug-likeness (QED) is 0.638. The van der Waals surface area contributed by atoms with E-state index in [9.17, 15) is 13.2 Å². The van der Waals surface area contributed by atoms with E-state index in [0.29, 0.717) is 3.57 Å². The maximum atomic E-state index is 12.0. The number of benzene rings is 1. The third-order valence-corrected chi connectivity index (χ3v) is 4.92. The number of hydrogen-bond acceptors (Lipinski definition) is 4. The molecule has 1 atom stereocenters. The summed E-state index contributed by atoms with van der Waals surface area (Å²) in [5.74, 6) is -0.625.